The normalized spacial score (nSPS) is 21.9. The molecule has 5 nitrogen and oxygen atoms in total. The third kappa shape index (κ3) is 1.82. The summed E-state index contributed by atoms with van der Waals surface area (Å²) >= 11 is 0. The number of benzene rings is 1. The van der Waals surface area contributed by atoms with E-state index in [1.54, 1.807) is 0 Å². The van der Waals surface area contributed by atoms with Crippen molar-refractivity contribution in [3.63, 3.8) is 0 Å². The van der Waals surface area contributed by atoms with Gasteiger partial charge >= 0.3 is 0 Å². The third-order valence-electron chi connectivity index (χ3n) is 4.26. The van der Waals surface area contributed by atoms with E-state index in [0.717, 1.165) is 28.5 Å². The second-order valence-electron chi connectivity index (χ2n) is 5.73. The monoisotopic (exact) mass is 293 g/mol. The topological polar surface area (TPSA) is 88.3 Å². The number of Topliss-reactive ketones (excluding diaryl/α,β-unsaturated/α-hetero) is 2. The Morgan fingerprint density at radius 2 is 1.91 bits per heavy atom. The van der Waals surface area contributed by atoms with Crippen molar-refractivity contribution in [2.45, 2.75) is 25.7 Å². The number of carbonyl (C=O) groups excluding carboxylic acids is 2. The van der Waals surface area contributed by atoms with Gasteiger partial charge in [0.25, 0.3) is 0 Å². The highest BCUT2D eigenvalue weighted by Gasteiger charge is 2.30. The molecule has 2 aromatic rings. The predicted molar refractivity (Wildman–Crippen MR) is 84.6 cm³/mol. The smallest absolute Gasteiger partial charge is 0.189 e. The molecular formula is C17H15N3O2. The molecule has 1 aliphatic carbocycles. The Kier molecular flexibility index (Phi) is 2.76. The maximum Gasteiger partial charge on any atom is 0.189 e. The number of nitrogens with one attached hydrogen (secondary N) is 1. The van der Waals surface area contributed by atoms with Crippen molar-refractivity contribution in [1.29, 1.82) is 0 Å². The van der Waals surface area contributed by atoms with Crippen LogP contribution in [0.2, 0.25) is 0 Å². The first-order valence-corrected chi connectivity index (χ1v) is 7.39. The second kappa shape index (κ2) is 4.66. The van der Waals surface area contributed by atoms with Gasteiger partial charge in [-0.3, -0.25) is 9.59 Å². The first-order chi connectivity index (χ1) is 10.6. The van der Waals surface area contributed by atoms with Crippen molar-refractivity contribution in [2.24, 2.45) is 10.7 Å². The Labute approximate surface area is 126 Å². The fourth-order valence-corrected chi connectivity index (χ4v) is 3.31. The molecule has 2 aliphatic rings. The van der Waals surface area contributed by atoms with Crippen molar-refractivity contribution >= 4 is 33.9 Å². The fourth-order valence-electron chi connectivity index (χ4n) is 3.31. The SMILES string of the molecule is NC1=N/C(=C2/CCCC(=O)c3[nH]c4ccccc4c32)C(=O)C1. The van der Waals surface area contributed by atoms with Crippen molar-refractivity contribution in [2.75, 3.05) is 0 Å². The highest BCUT2D eigenvalue weighted by molar-refractivity contribution is 6.20. The van der Waals surface area contributed by atoms with Gasteiger partial charge in [-0.15, -0.1) is 0 Å². The summed E-state index contributed by atoms with van der Waals surface area (Å²) in [6.07, 6.45) is 2.03. The number of para-hydroxylation sites is 1. The van der Waals surface area contributed by atoms with Crippen LogP contribution in [-0.4, -0.2) is 22.4 Å². The molecule has 0 saturated carbocycles. The van der Waals surface area contributed by atoms with Crippen LogP contribution in [-0.2, 0) is 4.79 Å². The molecule has 0 radical (unpaired) electrons. The zero-order valence-corrected chi connectivity index (χ0v) is 12.0. The van der Waals surface area contributed by atoms with E-state index in [4.69, 9.17) is 5.73 Å². The average Bonchev–Trinajstić information content (AvgIpc) is 2.99. The highest BCUT2D eigenvalue weighted by Crippen LogP contribution is 2.38. The van der Waals surface area contributed by atoms with Gasteiger partial charge in [0.2, 0.25) is 0 Å². The molecule has 0 atom stereocenters. The van der Waals surface area contributed by atoms with E-state index < -0.39 is 0 Å². The lowest BCUT2D eigenvalue weighted by Crippen LogP contribution is -2.09. The number of aliphatic imine (C=N–C) groups is 1. The molecule has 0 spiro atoms. The summed E-state index contributed by atoms with van der Waals surface area (Å²) in [6.45, 7) is 0. The summed E-state index contributed by atoms with van der Waals surface area (Å²) in [6, 6.07) is 7.76. The summed E-state index contributed by atoms with van der Waals surface area (Å²) in [5.74, 6) is 0.381. The zero-order valence-electron chi connectivity index (χ0n) is 12.0. The van der Waals surface area contributed by atoms with E-state index in [2.05, 4.69) is 9.98 Å². The molecular weight excluding hydrogens is 278 g/mol. The maximum atomic E-state index is 12.4. The van der Waals surface area contributed by atoms with Crippen LogP contribution < -0.4 is 5.73 Å². The van der Waals surface area contributed by atoms with Crippen molar-refractivity contribution in [1.82, 2.24) is 4.98 Å². The number of carbonyl (C=O) groups is 2. The van der Waals surface area contributed by atoms with Crippen LogP contribution in [0.4, 0.5) is 0 Å². The standard InChI is InChI=1S/C17H15N3O2/c18-14-8-13(22)16(20-14)10-5-3-7-12(21)17-15(10)9-4-1-2-6-11(9)19-17/h1-2,4,6,19H,3,5,7-8H2,(H2,18,20)/b16-10-. The molecule has 1 aromatic heterocycles. The number of aromatic nitrogens is 1. The molecule has 0 saturated heterocycles. The van der Waals surface area contributed by atoms with Crippen LogP contribution in [0.15, 0.2) is 35.0 Å². The molecule has 5 heteroatoms. The summed E-state index contributed by atoms with van der Waals surface area (Å²) < 4.78 is 0. The Hall–Kier alpha value is -2.69. The lowest BCUT2D eigenvalue weighted by molar-refractivity contribution is -0.114. The number of allylic oxidation sites excluding steroid dienone is 2. The molecule has 4 rings (SSSR count). The predicted octanol–water partition coefficient (Wildman–Crippen LogP) is 2.58. The number of ketones is 2. The van der Waals surface area contributed by atoms with E-state index in [-0.39, 0.29) is 18.0 Å². The maximum absolute atomic E-state index is 12.4. The number of H-pyrrole nitrogens is 1. The number of nitrogens with two attached hydrogens (primary N) is 1. The Morgan fingerprint density at radius 1 is 1.09 bits per heavy atom. The van der Waals surface area contributed by atoms with Crippen LogP contribution in [0.3, 0.4) is 0 Å². The zero-order chi connectivity index (χ0) is 15.3. The fraction of sp³-hybridized carbons (Fsp3) is 0.235. The number of nitrogens with zero attached hydrogens (tertiary/aromatic N) is 1. The van der Waals surface area contributed by atoms with Crippen LogP contribution in [0, 0.1) is 0 Å². The minimum absolute atomic E-state index is 0.0573. The Bertz CT molecular complexity index is 886. The number of amidine groups is 1. The Morgan fingerprint density at radius 3 is 2.68 bits per heavy atom. The van der Waals surface area contributed by atoms with E-state index in [9.17, 15) is 9.59 Å². The van der Waals surface area contributed by atoms with Crippen LogP contribution in [0.5, 0.6) is 0 Å². The largest absolute Gasteiger partial charge is 0.387 e. The molecule has 1 aromatic carbocycles. The average molecular weight is 293 g/mol. The van der Waals surface area contributed by atoms with E-state index >= 15 is 0 Å². The number of hydrogen-bond acceptors (Lipinski definition) is 4. The molecule has 2 heterocycles. The van der Waals surface area contributed by atoms with Gasteiger partial charge < -0.3 is 10.7 Å². The minimum atomic E-state index is -0.0573. The van der Waals surface area contributed by atoms with Crippen molar-refractivity contribution in [3.8, 4) is 0 Å². The second-order valence-corrected chi connectivity index (χ2v) is 5.73. The molecule has 0 amide bonds. The Balaban J connectivity index is 2.08. The molecule has 110 valence electrons. The number of fused-ring (bicyclic) bond motifs is 3. The number of rotatable bonds is 0. The summed E-state index contributed by atoms with van der Waals surface area (Å²) in [5, 5.41) is 0.962. The van der Waals surface area contributed by atoms with Crippen molar-refractivity contribution < 1.29 is 9.59 Å². The molecule has 0 bridgehead atoms. The van der Waals surface area contributed by atoms with Gasteiger partial charge in [0.15, 0.2) is 11.6 Å². The molecule has 1 aliphatic heterocycles. The molecule has 0 unspecified atom stereocenters. The first kappa shape index (κ1) is 13.0. The van der Waals surface area contributed by atoms with Gasteiger partial charge in [0.05, 0.1) is 12.1 Å². The lowest BCUT2D eigenvalue weighted by atomic mass is 9.96. The van der Waals surface area contributed by atoms with E-state index in [1.165, 1.54) is 0 Å². The van der Waals surface area contributed by atoms with Crippen molar-refractivity contribution in [3.05, 3.63) is 41.2 Å². The van der Waals surface area contributed by atoms with Gasteiger partial charge in [0.1, 0.15) is 11.5 Å². The van der Waals surface area contributed by atoms with Gasteiger partial charge in [-0.2, -0.15) is 0 Å². The van der Waals surface area contributed by atoms with Crippen LogP contribution in [0.1, 0.15) is 41.7 Å². The van der Waals surface area contributed by atoms with Crippen LogP contribution >= 0.6 is 0 Å². The quantitative estimate of drug-likeness (QED) is 0.578. The van der Waals surface area contributed by atoms with Gasteiger partial charge in [-0.05, 0) is 24.5 Å². The summed E-state index contributed by atoms with van der Waals surface area (Å²) in [7, 11) is 0. The van der Waals surface area contributed by atoms with Crippen LogP contribution in [0.25, 0.3) is 16.5 Å². The van der Waals surface area contributed by atoms with Gasteiger partial charge in [0, 0.05) is 22.9 Å². The summed E-state index contributed by atoms with van der Waals surface area (Å²) in [4.78, 5) is 32.0. The minimum Gasteiger partial charge on any atom is -0.387 e. The highest BCUT2D eigenvalue weighted by atomic mass is 16.1. The number of hydrogen-bond donors (Lipinski definition) is 2. The van der Waals surface area contributed by atoms with Gasteiger partial charge in [-0.25, -0.2) is 4.99 Å². The lowest BCUT2D eigenvalue weighted by Gasteiger charge is -2.07. The van der Waals surface area contributed by atoms with E-state index in [1.807, 2.05) is 24.3 Å². The third-order valence-corrected chi connectivity index (χ3v) is 4.26. The summed E-state index contributed by atoms with van der Waals surface area (Å²) in [5.41, 5.74) is 9.33. The number of aromatic amines is 1. The molecule has 0 fully saturated rings. The molecule has 22 heavy (non-hydrogen) atoms. The van der Waals surface area contributed by atoms with Gasteiger partial charge in [-0.1, -0.05) is 18.2 Å². The van der Waals surface area contributed by atoms with E-state index in [0.29, 0.717) is 30.1 Å². The first-order valence-electron chi connectivity index (χ1n) is 7.39. The molecule has 3 N–H and O–H groups in total.